The van der Waals surface area contributed by atoms with Crippen molar-refractivity contribution in [2.75, 3.05) is 19.1 Å². The predicted octanol–water partition coefficient (Wildman–Crippen LogP) is 3.36. The zero-order valence-corrected chi connectivity index (χ0v) is 12.8. The highest BCUT2D eigenvalue weighted by molar-refractivity contribution is 7.98. The number of nitrogens with two attached hydrogens (primary N) is 1. The zero-order chi connectivity index (χ0) is 15.2. The number of methoxy groups -OCH3 is 1. The molecule has 2 N–H and O–H groups in total. The van der Waals surface area contributed by atoms with Gasteiger partial charge in [0, 0.05) is 16.1 Å². The summed E-state index contributed by atoms with van der Waals surface area (Å²) in [5.74, 6) is 0.287. The third-order valence-electron chi connectivity index (χ3n) is 3.03. The van der Waals surface area contributed by atoms with E-state index in [9.17, 15) is 4.79 Å². The van der Waals surface area contributed by atoms with Gasteiger partial charge in [0.2, 0.25) is 0 Å². The van der Waals surface area contributed by atoms with Gasteiger partial charge in [-0.25, -0.2) is 4.79 Å². The average molecular weight is 303 g/mol. The highest BCUT2D eigenvalue weighted by atomic mass is 32.2. The lowest BCUT2D eigenvalue weighted by atomic mass is 10.1. The normalized spacial score (nSPS) is 10.2. The van der Waals surface area contributed by atoms with Crippen LogP contribution in [0.25, 0.3) is 0 Å². The fraction of sp³-hybridized carbons (Fsp3) is 0.188. The quantitative estimate of drug-likeness (QED) is 0.521. The highest BCUT2D eigenvalue weighted by Crippen LogP contribution is 2.22. The maximum atomic E-state index is 11.8. The molecule has 0 aliphatic rings. The number of anilines is 1. The molecule has 0 aliphatic heterocycles. The molecule has 0 saturated heterocycles. The Bertz CT molecular complexity index is 626. The van der Waals surface area contributed by atoms with Crippen LogP contribution in [0.2, 0.25) is 0 Å². The SMILES string of the molecule is COC(=O)c1c(N)cccc1COc1ccc(SC)cc1. The Morgan fingerprint density at radius 3 is 2.52 bits per heavy atom. The molecule has 0 aliphatic carbocycles. The smallest absolute Gasteiger partial charge is 0.340 e. The minimum atomic E-state index is -0.454. The van der Waals surface area contributed by atoms with E-state index in [-0.39, 0.29) is 6.61 Å². The largest absolute Gasteiger partial charge is 0.489 e. The van der Waals surface area contributed by atoms with E-state index in [0.717, 1.165) is 5.75 Å². The summed E-state index contributed by atoms with van der Waals surface area (Å²) in [4.78, 5) is 13.0. The summed E-state index contributed by atoms with van der Waals surface area (Å²) in [5.41, 5.74) is 7.30. The van der Waals surface area contributed by atoms with Crippen LogP contribution < -0.4 is 10.5 Å². The fourth-order valence-corrected chi connectivity index (χ4v) is 2.33. The molecule has 0 radical (unpaired) electrons. The van der Waals surface area contributed by atoms with Crippen molar-refractivity contribution in [1.29, 1.82) is 0 Å². The van der Waals surface area contributed by atoms with Gasteiger partial charge < -0.3 is 15.2 Å². The van der Waals surface area contributed by atoms with Crippen molar-refractivity contribution in [1.82, 2.24) is 0 Å². The van der Waals surface area contributed by atoms with Crippen LogP contribution in [-0.4, -0.2) is 19.3 Å². The lowest BCUT2D eigenvalue weighted by molar-refractivity contribution is 0.0599. The van der Waals surface area contributed by atoms with Crippen molar-refractivity contribution in [3.8, 4) is 5.75 Å². The highest BCUT2D eigenvalue weighted by Gasteiger charge is 2.15. The molecule has 0 saturated carbocycles. The molecule has 2 aromatic rings. The van der Waals surface area contributed by atoms with E-state index < -0.39 is 5.97 Å². The number of nitrogen functional groups attached to an aromatic ring is 1. The number of esters is 1. The molecule has 0 atom stereocenters. The lowest BCUT2D eigenvalue weighted by Crippen LogP contribution is -2.11. The monoisotopic (exact) mass is 303 g/mol. The van der Waals surface area contributed by atoms with Gasteiger partial charge in [-0.05, 0) is 36.6 Å². The summed E-state index contributed by atoms with van der Waals surface area (Å²) in [6, 6.07) is 13.0. The van der Waals surface area contributed by atoms with Gasteiger partial charge in [-0.15, -0.1) is 11.8 Å². The van der Waals surface area contributed by atoms with Crippen molar-refractivity contribution in [2.24, 2.45) is 0 Å². The molecule has 0 bridgehead atoms. The summed E-state index contributed by atoms with van der Waals surface area (Å²) in [5, 5.41) is 0. The van der Waals surface area contributed by atoms with Gasteiger partial charge in [0.1, 0.15) is 12.4 Å². The van der Waals surface area contributed by atoms with E-state index in [1.165, 1.54) is 12.0 Å². The molecule has 2 rings (SSSR count). The Morgan fingerprint density at radius 1 is 1.19 bits per heavy atom. The van der Waals surface area contributed by atoms with E-state index in [2.05, 4.69) is 0 Å². The summed E-state index contributed by atoms with van der Waals surface area (Å²) in [7, 11) is 1.33. The molecule has 5 heteroatoms. The topological polar surface area (TPSA) is 61.5 Å². The molecular formula is C16H17NO3S. The fourth-order valence-electron chi connectivity index (χ4n) is 1.92. The Kier molecular flexibility index (Phi) is 5.11. The van der Waals surface area contributed by atoms with Crippen LogP contribution >= 0.6 is 11.8 Å². The third kappa shape index (κ3) is 3.70. The molecule has 2 aromatic carbocycles. The van der Waals surface area contributed by atoms with E-state index in [4.69, 9.17) is 15.2 Å². The minimum absolute atomic E-state index is 0.258. The maximum absolute atomic E-state index is 11.8. The van der Waals surface area contributed by atoms with E-state index in [1.54, 1.807) is 30.0 Å². The first-order chi connectivity index (χ1) is 10.2. The number of carbonyl (C=O) groups excluding carboxylic acids is 1. The number of ether oxygens (including phenoxy) is 2. The standard InChI is InChI=1S/C16H17NO3S/c1-19-16(18)15-11(4-3-5-14(15)17)10-20-12-6-8-13(21-2)9-7-12/h3-9H,10,17H2,1-2H3. The second-order valence-corrected chi connectivity index (χ2v) is 5.22. The van der Waals surface area contributed by atoms with Crippen molar-refractivity contribution < 1.29 is 14.3 Å². The van der Waals surface area contributed by atoms with Gasteiger partial charge in [-0.3, -0.25) is 0 Å². The second-order valence-electron chi connectivity index (χ2n) is 4.34. The molecule has 21 heavy (non-hydrogen) atoms. The summed E-state index contributed by atoms with van der Waals surface area (Å²) < 4.78 is 10.5. The average Bonchev–Trinajstić information content (AvgIpc) is 2.52. The molecule has 0 unspecified atom stereocenters. The van der Waals surface area contributed by atoms with Crippen LogP contribution in [0.4, 0.5) is 5.69 Å². The second kappa shape index (κ2) is 7.04. The van der Waals surface area contributed by atoms with Crippen LogP contribution in [-0.2, 0) is 11.3 Å². The molecule has 110 valence electrons. The third-order valence-corrected chi connectivity index (χ3v) is 3.77. The van der Waals surface area contributed by atoms with Crippen LogP contribution in [0.3, 0.4) is 0 Å². The van der Waals surface area contributed by atoms with Crippen LogP contribution in [0.15, 0.2) is 47.4 Å². The van der Waals surface area contributed by atoms with Crippen LogP contribution in [0.1, 0.15) is 15.9 Å². The number of thioether (sulfide) groups is 1. The Labute approximate surface area is 128 Å². The van der Waals surface area contributed by atoms with E-state index >= 15 is 0 Å². The molecule has 0 heterocycles. The van der Waals surface area contributed by atoms with E-state index in [0.29, 0.717) is 16.8 Å². The van der Waals surface area contributed by atoms with Crippen molar-refractivity contribution in [3.05, 3.63) is 53.6 Å². The Balaban J connectivity index is 2.15. The van der Waals surface area contributed by atoms with Gasteiger partial charge in [0.05, 0.1) is 12.7 Å². The molecule has 0 amide bonds. The molecule has 0 aromatic heterocycles. The lowest BCUT2D eigenvalue weighted by Gasteiger charge is -2.12. The van der Waals surface area contributed by atoms with Gasteiger partial charge in [0.15, 0.2) is 0 Å². The van der Waals surface area contributed by atoms with Crippen LogP contribution in [0, 0.1) is 0 Å². The number of benzene rings is 2. The molecule has 4 nitrogen and oxygen atoms in total. The molecule has 0 spiro atoms. The minimum Gasteiger partial charge on any atom is -0.489 e. The Morgan fingerprint density at radius 2 is 1.90 bits per heavy atom. The first-order valence-electron chi connectivity index (χ1n) is 6.38. The van der Waals surface area contributed by atoms with Gasteiger partial charge in [0.25, 0.3) is 0 Å². The number of rotatable bonds is 5. The zero-order valence-electron chi connectivity index (χ0n) is 12.0. The predicted molar refractivity (Wildman–Crippen MR) is 84.7 cm³/mol. The first-order valence-corrected chi connectivity index (χ1v) is 7.60. The summed E-state index contributed by atoms with van der Waals surface area (Å²) in [6.45, 7) is 0.258. The van der Waals surface area contributed by atoms with Crippen molar-refractivity contribution in [3.63, 3.8) is 0 Å². The number of hydrogen-bond acceptors (Lipinski definition) is 5. The number of carbonyl (C=O) groups is 1. The first kappa shape index (κ1) is 15.3. The van der Waals surface area contributed by atoms with Crippen LogP contribution in [0.5, 0.6) is 5.75 Å². The molecular weight excluding hydrogens is 286 g/mol. The van der Waals surface area contributed by atoms with Gasteiger partial charge in [-0.2, -0.15) is 0 Å². The van der Waals surface area contributed by atoms with Gasteiger partial charge in [-0.1, -0.05) is 12.1 Å². The van der Waals surface area contributed by atoms with E-state index in [1.807, 2.05) is 30.5 Å². The Hall–Kier alpha value is -2.14. The van der Waals surface area contributed by atoms with Crippen molar-refractivity contribution in [2.45, 2.75) is 11.5 Å². The summed E-state index contributed by atoms with van der Waals surface area (Å²) in [6.07, 6.45) is 2.02. The van der Waals surface area contributed by atoms with Gasteiger partial charge >= 0.3 is 5.97 Å². The molecule has 0 fully saturated rings. The summed E-state index contributed by atoms with van der Waals surface area (Å²) >= 11 is 1.67. The number of hydrogen-bond donors (Lipinski definition) is 1. The van der Waals surface area contributed by atoms with Crippen molar-refractivity contribution >= 4 is 23.4 Å². The maximum Gasteiger partial charge on any atom is 0.340 e.